The minimum Gasteiger partial charge on any atom is -0.384 e. The van der Waals surface area contributed by atoms with Crippen molar-refractivity contribution in [2.75, 3.05) is 20.3 Å². The Balaban J connectivity index is 1.71. The summed E-state index contributed by atoms with van der Waals surface area (Å²) in [6.45, 7) is 8.24. The molecule has 0 aliphatic heterocycles. The van der Waals surface area contributed by atoms with E-state index in [1.807, 2.05) is 29.8 Å². The van der Waals surface area contributed by atoms with Crippen LogP contribution in [0.5, 0.6) is 0 Å². The van der Waals surface area contributed by atoms with Gasteiger partial charge in [-0.15, -0.1) is 0 Å². The molecule has 3 rings (SSSR count). The summed E-state index contributed by atoms with van der Waals surface area (Å²) in [7, 11) is 1.71. The number of fused-ring (bicyclic) bond motifs is 1. The predicted octanol–water partition coefficient (Wildman–Crippen LogP) is 2.63. The number of hydrogen-bond donors (Lipinski definition) is 2. The van der Waals surface area contributed by atoms with Crippen LogP contribution in [0, 0.1) is 13.8 Å². The summed E-state index contributed by atoms with van der Waals surface area (Å²) in [6.07, 6.45) is 1.72. The maximum atomic E-state index is 11.1. The topological polar surface area (TPSA) is 59.3 Å². The molecular formula is C20H29N3O2. The largest absolute Gasteiger partial charge is 0.384 e. The van der Waals surface area contributed by atoms with Crippen LogP contribution in [-0.2, 0) is 23.3 Å². The molecule has 0 amide bonds. The first-order valence-corrected chi connectivity index (χ1v) is 9.03. The van der Waals surface area contributed by atoms with Crippen molar-refractivity contribution >= 4 is 0 Å². The van der Waals surface area contributed by atoms with Gasteiger partial charge in [0.05, 0.1) is 18.8 Å². The Hall–Kier alpha value is -1.69. The van der Waals surface area contributed by atoms with Gasteiger partial charge in [0.2, 0.25) is 0 Å². The third kappa shape index (κ3) is 3.50. The van der Waals surface area contributed by atoms with E-state index in [0.29, 0.717) is 13.2 Å². The number of benzene rings is 1. The van der Waals surface area contributed by atoms with E-state index in [-0.39, 0.29) is 6.04 Å². The lowest BCUT2D eigenvalue weighted by Gasteiger charge is -2.27. The SMILES string of the molecule is COCCn1nc(C)c(C(C)NCC2(O)CCc3ccccc32)c1C. The molecule has 1 aromatic carbocycles. The van der Waals surface area contributed by atoms with Gasteiger partial charge < -0.3 is 15.2 Å². The van der Waals surface area contributed by atoms with Crippen LogP contribution in [0.25, 0.3) is 0 Å². The molecule has 2 aromatic rings. The second-order valence-electron chi connectivity index (χ2n) is 7.09. The molecule has 1 aromatic heterocycles. The number of methoxy groups -OCH3 is 1. The molecule has 0 fully saturated rings. The molecule has 2 unspecified atom stereocenters. The second-order valence-corrected chi connectivity index (χ2v) is 7.09. The van der Waals surface area contributed by atoms with Crippen LogP contribution in [0.3, 0.4) is 0 Å². The van der Waals surface area contributed by atoms with E-state index in [2.05, 4.69) is 30.3 Å². The average Bonchev–Trinajstić information content (AvgIpc) is 3.09. The molecule has 0 radical (unpaired) electrons. The van der Waals surface area contributed by atoms with Gasteiger partial charge in [0, 0.05) is 31.0 Å². The summed E-state index contributed by atoms with van der Waals surface area (Å²) in [6, 6.07) is 8.35. The van der Waals surface area contributed by atoms with Crippen LogP contribution in [-0.4, -0.2) is 35.1 Å². The van der Waals surface area contributed by atoms with E-state index < -0.39 is 5.60 Å². The molecule has 136 valence electrons. The molecule has 5 heteroatoms. The number of ether oxygens (including phenoxy) is 1. The standard InChI is InChI=1S/C20H29N3O2/c1-14(19-15(2)22-23(16(19)3)11-12-25-4)21-13-20(24)10-9-17-7-5-6-8-18(17)20/h5-8,14,21,24H,9-13H2,1-4H3. The van der Waals surface area contributed by atoms with Crippen LogP contribution in [0.4, 0.5) is 0 Å². The van der Waals surface area contributed by atoms with Gasteiger partial charge >= 0.3 is 0 Å². The quantitative estimate of drug-likeness (QED) is 0.811. The van der Waals surface area contributed by atoms with E-state index in [1.165, 1.54) is 11.1 Å². The third-order valence-electron chi connectivity index (χ3n) is 5.41. The molecule has 0 saturated carbocycles. The normalized spacial score (nSPS) is 20.7. The summed E-state index contributed by atoms with van der Waals surface area (Å²) in [5.41, 5.74) is 4.96. The fourth-order valence-electron chi connectivity index (χ4n) is 4.01. The molecular weight excluding hydrogens is 314 g/mol. The molecule has 0 saturated heterocycles. The first-order valence-electron chi connectivity index (χ1n) is 9.03. The molecule has 0 bridgehead atoms. The Morgan fingerprint density at radius 2 is 2.12 bits per heavy atom. The fourth-order valence-corrected chi connectivity index (χ4v) is 4.01. The highest BCUT2D eigenvalue weighted by atomic mass is 16.5. The van der Waals surface area contributed by atoms with E-state index in [9.17, 15) is 5.11 Å². The fraction of sp³-hybridized carbons (Fsp3) is 0.550. The van der Waals surface area contributed by atoms with Crippen LogP contribution >= 0.6 is 0 Å². The minimum absolute atomic E-state index is 0.132. The van der Waals surface area contributed by atoms with Crippen molar-refractivity contribution in [3.8, 4) is 0 Å². The maximum Gasteiger partial charge on any atom is 0.103 e. The number of aromatic nitrogens is 2. The molecule has 1 aliphatic carbocycles. The molecule has 25 heavy (non-hydrogen) atoms. The van der Waals surface area contributed by atoms with Crippen molar-refractivity contribution < 1.29 is 9.84 Å². The number of rotatable bonds is 7. The summed E-state index contributed by atoms with van der Waals surface area (Å²) < 4.78 is 7.17. The van der Waals surface area contributed by atoms with Crippen molar-refractivity contribution in [3.05, 3.63) is 52.3 Å². The smallest absolute Gasteiger partial charge is 0.103 e. The minimum atomic E-state index is -0.779. The van der Waals surface area contributed by atoms with Gasteiger partial charge in [0.15, 0.2) is 0 Å². The number of nitrogens with zero attached hydrogens (tertiary/aromatic N) is 2. The first-order chi connectivity index (χ1) is 12.0. The van der Waals surface area contributed by atoms with Crippen LogP contribution < -0.4 is 5.32 Å². The van der Waals surface area contributed by atoms with Crippen LogP contribution in [0.2, 0.25) is 0 Å². The highest BCUT2D eigenvalue weighted by Gasteiger charge is 2.36. The van der Waals surface area contributed by atoms with Crippen molar-refractivity contribution in [1.82, 2.24) is 15.1 Å². The lowest BCUT2D eigenvalue weighted by atomic mass is 9.95. The first kappa shape index (κ1) is 18.1. The lowest BCUT2D eigenvalue weighted by molar-refractivity contribution is 0.0363. The Kier molecular flexibility index (Phi) is 5.27. The van der Waals surface area contributed by atoms with Gasteiger partial charge in [-0.2, -0.15) is 5.10 Å². The molecule has 2 atom stereocenters. The molecule has 5 nitrogen and oxygen atoms in total. The van der Waals surface area contributed by atoms with Crippen LogP contribution in [0.15, 0.2) is 24.3 Å². The monoisotopic (exact) mass is 343 g/mol. The van der Waals surface area contributed by atoms with Crippen molar-refractivity contribution in [1.29, 1.82) is 0 Å². The summed E-state index contributed by atoms with van der Waals surface area (Å²) in [4.78, 5) is 0. The van der Waals surface area contributed by atoms with Gasteiger partial charge in [-0.25, -0.2) is 0 Å². The van der Waals surface area contributed by atoms with Gasteiger partial charge in [-0.1, -0.05) is 24.3 Å². The highest BCUT2D eigenvalue weighted by Crippen LogP contribution is 2.36. The number of hydrogen-bond acceptors (Lipinski definition) is 4. The molecule has 2 N–H and O–H groups in total. The summed E-state index contributed by atoms with van der Waals surface area (Å²) in [5.74, 6) is 0. The number of nitrogens with one attached hydrogen (secondary N) is 1. The van der Waals surface area contributed by atoms with Gasteiger partial charge in [0.25, 0.3) is 0 Å². The second kappa shape index (κ2) is 7.28. The molecule has 1 heterocycles. The Morgan fingerprint density at radius 1 is 1.36 bits per heavy atom. The third-order valence-corrected chi connectivity index (χ3v) is 5.41. The van der Waals surface area contributed by atoms with E-state index in [4.69, 9.17) is 4.74 Å². The van der Waals surface area contributed by atoms with Crippen LogP contribution in [0.1, 0.15) is 47.5 Å². The Labute approximate surface area is 150 Å². The Bertz CT molecular complexity index is 741. The van der Waals surface area contributed by atoms with Gasteiger partial charge in [-0.05, 0) is 44.7 Å². The van der Waals surface area contributed by atoms with Crippen molar-refractivity contribution in [2.24, 2.45) is 0 Å². The zero-order valence-electron chi connectivity index (χ0n) is 15.7. The molecule has 0 spiro atoms. The van der Waals surface area contributed by atoms with Gasteiger partial charge in [-0.3, -0.25) is 4.68 Å². The number of aliphatic hydroxyl groups is 1. The van der Waals surface area contributed by atoms with Crippen molar-refractivity contribution in [3.63, 3.8) is 0 Å². The maximum absolute atomic E-state index is 11.1. The van der Waals surface area contributed by atoms with E-state index in [0.717, 1.165) is 36.3 Å². The average molecular weight is 343 g/mol. The van der Waals surface area contributed by atoms with E-state index >= 15 is 0 Å². The highest BCUT2D eigenvalue weighted by molar-refractivity contribution is 5.37. The summed E-state index contributed by atoms with van der Waals surface area (Å²) in [5, 5.41) is 19.3. The molecule has 1 aliphatic rings. The summed E-state index contributed by atoms with van der Waals surface area (Å²) >= 11 is 0. The van der Waals surface area contributed by atoms with Crippen molar-refractivity contribution in [2.45, 2.75) is 51.8 Å². The zero-order chi connectivity index (χ0) is 18.0. The predicted molar refractivity (Wildman–Crippen MR) is 98.7 cm³/mol. The number of aryl methyl sites for hydroxylation is 2. The van der Waals surface area contributed by atoms with Gasteiger partial charge in [0.1, 0.15) is 5.60 Å². The Morgan fingerprint density at radius 3 is 2.88 bits per heavy atom. The lowest BCUT2D eigenvalue weighted by Crippen LogP contribution is -2.37. The van der Waals surface area contributed by atoms with E-state index in [1.54, 1.807) is 7.11 Å². The zero-order valence-corrected chi connectivity index (χ0v) is 15.7.